The number of hydrogen-bond donors (Lipinski definition) is 1. The van der Waals surface area contributed by atoms with E-state index in [1.807, 2.05) is 33.2 Å². The number of thioether (sulfide) groups is 1. The zero-order valence-electron chi connectivity index (χ0n) is 18.2. The number of allylic oxidation sites excluding steroid dienone is 1. The Morgan fingerprint density at radius 2 is 2.10 bits per heavy atom. The van der Waals surface area contributed by atoms with Crippen LogP contribution in [0.4, 0.5) is 5.82 Å². The summed E-state index contributed by atoms with van der Waals surface area (Å²) < 4.78 is 0. The minimum atomic E-state index is 0.00640. The van der Waals surface area contributed by atoms with Gasteiger partial charge in [-0.15, -0.1) is 0 Å². The molecule has 2 aromatic rings. The average Bonchev–Trinajstić information content (AvgIpc) is 2.73. The van der Waals surface area contributed by atoms with E-state index in [2.05, 4.69) is 51.5 Å². The third-order valence-electron chi connectivity index (χ3n) is 6.86. The molecule has 158 valence electrons. The Labute approximate surface area is 183 Å². The first kappa shape index (κ1) is 21.1. The molecule has 2 fully saturated rings. The summed E-state index contributed by atoms with van der Waals surface area (Å²) in [4.78, 5) is 24.8. The fourth-order valence-electron chi connectivity index (χ4n) is 4.73. The number of carbonyl (C=O) groups excluding carboxylic acids is 1. The number of aromatic nitrogens is 1. The summed E-state index contributed by atoms with van der Waals surface area (Å²) in [6.07, 6.45) is 9.02. The van der Waals surface area contributed by atoms with Crippen LogP contribution in [0.5, 0.6) is 0 Å². The topological polar surface area (TPSA) is 57.6 Å². The van der Waals surface area contributed by atoms with Crippen LogP contribution in [0, 0.1) is 5.92 Å². The number of nitrogens with zero attached hydrogens (tertiary/aromatic N) is 3. The van der Waals surface area contributed by atoms with Crippen LogP contribution in [-0.2, 0) is 4.79 Å². The smallest absolute Gasteiger partial charge is 0.239 e. The van der Waals surface area contributed by atoms with Gasteiger partial charge in [-0.3, -0.25) is 14.7 Å². The number of benzene rings is 1. The molecule has 0 spiro atoms. The fourth-order valence-corrected chi connectivity index (χ4v) is 5.51. The standard InChI is InChI=1S/C24H30N4OS/c1-5-21(30-16(2)25-3)17-6-7-18-14-26-22(13-19(18)12-17)27-23(29)15-28(4)24-10-8-20(24)9-11-24/h5-7,12-14,20H,8-11,15H2,1-4H3,(H,26,27,29)/b21-5+,25-16-. The summed E-state index contributed by atoms with van der Waals surface area (Å²) >= 11 is 1.66. The summed E-state index contributed by atoms with van der Waals surface area (Å²) in [6.45, 7) is 4.47. The first-order valence-electron chi connectivity index (χ1n) is 10.6. The molecule has 4 rings (SSSR count). The van der Waals surface area contributed by atoms with Gasteiger partial charge in [0.25, 0.3) is 0 Å². The Bertz CT molecular complexity index is 1020. The van der Waals surface area contributed by atoms with Crippen molar-refractivity contribution in [2.75, 3.05) is 26.0 Å². The largest absolute Gasteiger partial charge is 0.310 e. The molecule has 0 atom stereocenters. The van der Waals surface area contributed by atoms with E-state index in [1.54, 1.807) is 11.8 Å². The van der Waals surface area contributed by atoms with E-state index in [-0.39, 0.29) is 5.91 Å². The fraction of sp³-hybridized carbons (Fsp3) is 0.458. The Kier molecular flexibility index (Phi) is 5.98. The third kappa shape index (κ3) is 3.91. The van der Waals surface area contributed by atoms with Gasteiger partial charge in [-0.2, -0.15) is 0 Å². The van der Waals surface area contributed by atoms with Crippen molar-refractivity contribution in [3.05, 3.63) is 42.1 Å². The van der Waals surface area contributed by atoms with Gasteiger partial charge in [-0.05, 0) is 75.6 Å². The number of amides is 1. The highest BCUT2D eigenvalue weighted by atomic mass is 32.2. The van der Waals surface area contributed by atoms with Gasteiger partial charge in [0.15, 0.2) is 0 Å². The van der Waals surface area contributed by atoms with Gasteiger partial charge in [0, 0.05) is 29.1 Å². The van der Waals surface area contributed by atoms with Gasteiger partial charge in [0.2, 0.25) is 5.91 Å². The Hall–Kier alpha value is -2.18. The summed E-state index contributed by atoms with van der Waals surface area (Å²) in [5.74, 6) is 1.41. The number of rotatable bonds is 6. The summed E-state index contributed by atoms with van der Waals surface area (Å²) in [6, 6.07) is 8.29. The quantitative estimate of drug-likeness (QED) is 0.514. The summed E-state index contributed by atoms with van der Waals surface area (Å²) in [5.41, 5.74) is 1.44. The Morgan fingerprint density at radius 3 is 2.70 bits per heavy atom. The molecule has 1 aromatic carbocycles. The minimum Gasteiger partial charge on any atom is -0.310 e. The van der Waals surface area contributed by atoms with Crippen molar-refractivity contribution in [1.29, 1.82) is 0 Å². The summed E-state index contributed by atoms with van der Waals surface area (Å²) in [5, 5.41) is 6.14. The second kappa shape index (κ2) is 8.52. The maximum absolute atomic E-state index is 12.6. The van der Waals surface area contributed by atoms with E-state index in [0.717, 1.165) is 27.3 Å². The van der Waals surface area contributed by atoms with Crippen molar-refractivity contribution in [2.24, 2.45) is 10.9 Å². The summed E-state index contributed by atoms with van der Waals surface area (Å²) in [7, 11) is 3.90. The molecule has 0 saturated heterocycles. The number of anilines is 1. The zero-order valence-corrected chi connectivity index (χ0v) is 19.1. The van der Waals surface area contributed by atoms with Crippen LogP contribution in [0.2, 0.25) is 0 Å². The van der Waals surface area contributed by atoms with E-state index in [4.69, 9.17) is 0 Å². The molecule has 2 saturated carbocycles. The number of fused-ring (bicyclic) bond motifs is 2. The highest BCUT2D eigenvalue weighted by Gasteiger charge is 2.55. The van der Waals surface area contributed by atoms with Crippen LogP contribution in [-0.4, -0.2) is 47.0 Å². The Morgan fingerprint density at radius 1 is 1.33 bits per heavy atom. The van der Waals surface area contributed by atoms with E-state index in [9.17, 15) is 4.79 Å². The van der Waals surface area contributed by atoms with E-state index in [0.29, 0.717) is 17.9 Å². The van der Waals surface area contributed by atoms with E-state index < -0.39 is 0 Å². The predicted octanol–water partition coefficient (Wildman–Crippen LogP) is 5.19. The number of aliphatic imine (C=N–C) groups is 1. The predicted molar refractivity (Wildman–Crippen MR) is 128 cm³/mol. The van der Waals surface area contributed by atoms with Crippen LogP contribution in [0.3, 0.4) is 0 Å². The minimum absolute atomic E-state index is 0.00640. The number of carbonyl (C=O) groups is 1. The monoisotopic (exact) mass is 422 g/mol. The lowest BCUT2D eigenvalue weighted by Crippen LogP contribution is -2.65. The maximum Gasteiger partial charge on any atom is 0.239 e. The molecule has 0 bridgehead atoms. The van der Waals surface area contributed by atoms with Crippen LogP contribution >= 0.6 is 11.8 Å². The van der Waals surface area contributed by atoms with Crippen molar-refractivity contribution in [1.82, 2.24) is 9.88 Å². The van der Waals surface area contributed by atoms with Gasteiger partial charge in [-0.1, -0.05) is 30.0 Å². The van der Waals surface area contributed by atoms with Crippen molar-refractivity contribution in [2.45, 2.75) is 45.1 Å². The number of likely N-dealkylation sites (N-methyl/N-ethyl adjacent to an activating group) is 1. The second-order valence-corrected chi connectivity index (χ2v) is 9.65. The molecule has 5 nitrogen and oxygen atoms in total. The lowest BCUT2D eigenvalue weighted by Gasteiger charge is -2.63. The van der Waals surface area contributed by atoms with E-state index >= 15 is 0 Å². The molecule has 1 amide bonds. The first-order valence-corrected chi connectivity index (χ1v) is 11.5. The van der Waals surface area contributed by atoms with E-state index in [1.165, 1.54) is 30.6 Å². The molecule has 2 aliphatic rings. The van der Waals surface area contributed by atoms with Crippen molar-refractivity contribution in [3.63, 3.8) is 0 Å². The van der Waals surface area contributed by atoms with Crippen molar-refractivity contribution >= 4 is 44.2 Å². The van der Waals surface area contributed by atoms with Gasteiger partial charge >= 0.3 is 0 Å². The maximum atomic E-state index is 12.6. The molecular formula is C24H30N4OS. The molecule has 1 aromatic heterocycles. The highest BCUT2D eigenvalue weighted by Crippen LogP contribution is 2.56. The molecule has 0 unspecified atom stereocenters. The van der Waals surface area contributed by atoms with Gasteiger partial charge < -0.3 is 5.32 Å². The molecule has 6 heteroatoms. The average molecular weight is 423 g/mol. The molecule has 1 heterocycles. The van der Waals surface area contributed by atoms with Crippen molar-refractivity contribution < 1.29 is 4.79 Å². The van der Waals surface area contributed by atoms with Gasteiger partial charge in [0.05, 0.1) is 11.6 Å². The van der Waals surface area contributed by atoms with Gasteiger partial charge in [0.1, 0.15) is 5.82 Å². The van der Waals surface area contributed by atoms with Crippen LogP contribution in [0.1, 0.15) is 45.1 Å². The molecule has 0 aliphatic heterocycles. The van der Waals surface area contributed by atoms with Crippen LogP contribution in [0.25, 0.3) is 15.7 Å². The lowest BCUT2D eigenvalue weighted by molar-refractivity contribution is -0.132. The number of pyridine rings is 1. The second-order valence-electron chi connectivity index (χ2n) is 8.41. The first-order chi connectivity index (χ1) is 14.4. The third-order valence-corrected chi connectivity index (χ3v) is 8.03. The normalized spacial score (nSPS) is 23.7. The van der Waals surface area contributed by atoms with Crippen LogP contribution < -0.4 is 5.32 Å². The molecule has 30 heavy (non-hydrogen) atoms. The van der Waals surface area contributed by atoms with Crippen molar-refractivity contribution in [3.8, 4) is 0 Å². The SMILES string of the molecule is C/C=C(/S/C(C)=N\C)c1ccc2cnc(NC(=O)CN(C)C34CCC3CC4)cc2c1. The molecule has 0 radical (unpaired) electrons. The number of nitrogens with one attached hydrogen (secondary N) is 1. The van der Waals surface area contributed by atoms with Gasteiger partial charge in [-0.25, -0.2) is 4.98 Å². The number of hydrogen-bond acceptors (Lipinski definition) is 5. The Balaban J connectivity index is 1.47. The van der Waals surface area contributed by atoms with Crippen LogP contribution in [0.15, 0.2) is 41.5 Å². The molecule has 1 N–H and O–H groups in total. The molecular weight excluding hydrogens is 392 g/mol. The highest BCUT2D eigenvalue weighted by molar-refractivity contribution is 8.21. The zero-order chi connectivity index (χ0) is 21.3. The lowest BCUT2D eigenvalue weighted by atomic mass is 9.52. The molecule has 2 aliphatic carbocycles.